The number of rotatable bonds is 0. The van der Waals surface area contributed by atoms with E-state index in [1.807, 2.05) is 42.5 Å². The molecule has 0 bridgehead atoms. The Hall–Kier alpha value is -2.46. The average molecular weight is 278 g/mol. The van der Waals surface area contributed by atoms with Crippen LogP contribution in [0.2, 0.25) is 0 Å². The SMILES string of the molecule is Nc1c2sc3ccccc3nc-2c2ccccc2c1=O. The number of anilines is 1. The summed E-state index contributed by atoms with van der Waals surface area (Å²) < 4.78 is 1.03. The molecule has 0 aromatic heterocycles. The van der Waals surface area contributed by atoms with Gasteiger partial charge in [-0.25, -0.2) is 4.98 Å². The highest BCUT2D eigenvalue weighted by Crippen LogP contribution is 2.37. The molecule has 0 saturated carbocycles. The van der Waals surface area contributed by atoms with Gasteiger partial charge in [-0.05, 0) is 12.1 Å². The van der Waals surface area contributed by atoms with Gasteiger partial charge in [-0.1, -0.05) is 36.4 Å². The maximum atomic E-state index is 12.3. The highest BCUT2D eigenvalue weighted by molar-refractivity contribution is 7.22. The number of para-hydroxylation sites is 1. The molecule has 4 rings (SSSR count). The number of nitrogens with zero attached hydrogens (tertiary/aromatic N) is 1. The molecule has 0 atom stereocenters. The Kier molecular flexibility index (Phi) is 2.28. The van der Waals surface area contributed by atoms with Crippen molar-refractivity contribution in [2.75, 3.05) is 5.73 Å². The molecule has 0 spiro atoms. The number of benzene rings is 3. The molecule has 20 heavy (non-hydrogen) atoms. The third-order valence-corrected chi connectivity index (χ3v) is 4.62. The summed E-state index contributed by atoms with van der Waals surface area (Å²) in [6.45, 7) is 0. The van der Waals surface area contributed by atoms with Crippen LogP contribution in [0.4, 0.5) is 5.69 Å². The van der Waals surface area contributed by atoms with Gasteiger partial charge in [0.25, 0.3) is 0 Å². The van der Waals surface area contributed by atoms with Gasteiger partial charge >= 0.3 is 0 Å². The topological polar surface area (TPSA) is 56.0 Å². The molecule has 3 nitrogen and oxygen atoms in total. The monoisotopic (exact) mass is 278 g/mol. The molecule has 0 unspecified atom stereocenters. The molecule has 1 aliphatic heterocycles. The van der Waals surface area contributed by atoms with Crippen molar-refractivity contribution in [1.29, 1.82) is 0 Å². The normalized spacial score (nSPS) is 11.4. The Morgan fingerprint density at radius 3 is 2.50 bits per heavy atom. The van der Waals surface area contributed by atoms with E-state index in [4.69, 9.17) is 10.7 Å². The highest BCUT2D eigenvalue weighted by atomic mass is 32.1. The van der Waals surface area contributed by atoms with E-state index in [1.54, 1.807) is 6.07 Å². The fraction of sp³-hybridized carbons (Fsp3) is 0. The van der Waals surface area contributed by atoms with Crippen molar-refractivity contribution in [3.63, 3.8) is 0 Å². The van der Waals surface area contributed by atoms with Crippen LogP contribution in [0.5, 0.6) is 0 Å². The molecule has 4 heteroatoms. The molecule has 1 aliphatic carbocycles. The van der Waals surface area contributed by atoms with Gasteiger partial charge in [0.05, 0.1) is 26.5 Å². The number of fused-ring (bicyclic) bond motifs is 4. The van der Waals surface area contributed by atoms with Crippen LogP contribution >= 0.6 is 11.3 Å². The molecule has 0 amide bonds. The molecule has 0 radical (unpaired) electrons. The summed E-state index contributed by atoms with van der Waals surface area (Å²) >= 11 is 1.52. The lowest BCUT2D eigenvalue weighted by molar-refractivity contribution is 1.44. The van der Waals surface area contributed by atoms with E-state index in [2.05, 4.69) is 0 Å². The summed E-state index contributed by atoms with van der Waals surface area (Å²) in [6, 6.07) is 15.4. The van der Waals surface area contributed by atoms with Crippen molar-refractivity contribution in [2.24, 2.45) is 0 Å². The van der Waals surface area contributed by atoms with Gasteiger partial charge in [0.1, 0.15) is 0 Å². The third-order valence-electron chi connectivity index (χ3n) is 3.44. The molecular formula is C16H10N2OS. The largest absolute Gasteiger partial charge is 0.394 e. The Morgan fingerprint density at radius 1 is 0.950 bits per heavy atom. The standard InChI is InChI=1S/C16H10N2OS/c17-13-15(19)10-6-2-1-5-9(10)14-16(13)20-12-8-4-3-7-11(12)18-14/h1-8H,17H2. The molecule has 0 fully saturated rings. The molecule has 1 heterocycles. The third kappa shape index (κ3) is 1.45. The number of hydrogen-bond donors (Lipinski definition) is 1. The van der Waals surface area contributed by atoms with Crippen molar-refractivity contribution in [3.8, 4) is 10.6 Å². The van der Waals surface area contributed by atoms with E-state index in [9.17, 15) is 4.79 Å². The molecule has 2 N–H and O–H groups in total. The van der Waals surface area contributed by atoms with E-state index in [0.29, 0.717) is 11.1 Å². The zero-order valence-electron chi connectivity index (χ0n) is 10.5. The van der Waals surface area contributed by atoms with Crippen LogP contribution in [0.15, 0.2) is 53.3 Å². The van der Waals surface area contributed by atoms with Crippen LogP contribution in [0, 0.1) is 0 Å². The predicted molar refractivity (Wildman–Crippen MR) is 84.4 cm³/mol. The van der Waals surface area contributed by atoms with E-state index < -0.39 is 0 Å². The zero-order chi connectivity index (χ0) is 13.7. The second-order valence-electron chi connectivity index (χ2n) is 4.65. The highest BCUT2D eigenvalue weighted by Gasteiger charge is 2.18. The van der Waals surface area contributed by atoms with Crippen LogP contribution in [-0.4, -0.2) is 4.98 Å². The van der Waals surface area contributed by atoms with Gasteiger partial charge in [-0.3, -0.25) is 4.79 Å². The zero-order valence-corrected chi connectivity index (χ0v) is 11.3. The first-order valence-electron chi connectivity index (χ1n) is 6.25. The first kappa shape index (κ1) is 11.4. The molecule has 2 aromatic rings. The van der Waals surface area contributed by atoms with Crippen molar-refractivity contribution in [2.45, 2.75) is 0 Å². The van der Waals surface area contributed by atoms with Crippen LogP contribution in [-0.2, 0) is 0 Å². The lowest BCUT2D eigenvalue weighted by atomic mass is 10.0. The molecule has 0 saturated heterocycles. The quantitative estimate of drug-likeness (QED) is 0.304. The minimum absolute atomic E-state index is 0.110. The first-order valence-corrected chi connectivity index (χ1v) is 7.07. The summed E-state index contributed by atoms with van der Waals surface area (Å²) in [6.07, 6.45) is 0. The van der Waals surface area contributed by atoms with Crippen molar-refractivity contribution >= 4 is 38.0 Å². The fourth-order valence-electron chi connectivity index (χ4n) is 2.47. The van der Waals surface area contributed by atoms with E-state index in [1.165, 1.54) is 11.3 Å². The second-order valence-corrected chi connectivity index (χ2v) is 5.70. The summed E-state index contributed by atoms with van der Waals surface area (Å²) in [5.41, 5.74) is 7.95. The van der Waals surface area contributed by atoms with Gasteiger partial charge < -0.3 is 5.73 Å². The van der Waals surface area contributed by atoms with Gasteiger partial charge in [-0.15, -0.1) is 11.3 Å². The maximum Gasteiger partial charge on any atom is 0.210 e. The van der Waals surface area contributed by atoms with Gasteiger partial charge in [0.2, 0.25) is 5.43 Å². The van der Waals surface area contributed by atoms with Crippen LogP contribution in [0.1, 0.15) is 0 Å². The predicted octanol–water partition coefficient (Wildman–Crippen LogP) is 3.50. The van der Waals surface area contributed by atoms with Crippen LogP contribution in [0.25, 0.3) is 31.6 Å². The average Bonchev–Trinajstić information content (AvgIpc) is 2.51. The minimum atomic E-state index is -0.110. The molecule has 96 valence electrons. The smallest absolute Gasteiger partial charge is 0.210 e. The first-order chi connectivity index (χ1) is 9.75. The number of nitrogens with two attached hydrogens (primary N) is 1. The van der Waals surface area contributed by atoms with Crippen molar-refractivity contribution in [3.05, 3.63) is 58.8 Å². The van der Waals surface area contributed by atoms with Gasteiger partial charge in [0.15, 0.2) is 0 Å². The van der Waals surface area contributed by atoms with E-state index in [0.717, 1.165) is 26.2 Å². The molecule has 2 aromatic carbocycles. The van der Waals surface area contributed by atoms with Crippen molar-refractivity contribution in [1.82, 2.24) is 4.98 Å². The lowest BCUT2D eigenvalue weighted by Gasteiger charge is -2.11. The summed E-state index contributed by atoms with van der Waals surface area (Å²) in [5, 5.41) is 1.50. The molecule has 2 aliphatic rings. The van der Waals surface area contributed by atoms with Crippen LogP contribution < -0.4 is 11.2 Å². The van der Waals surface area contributed by atoms with E-state index in [-0.39, 0.29) is 5.43 Å². The fourth-order valence-corrected chi connectivity index (χ4v) is 3.51. The second kappa shape index (κ2) is 4.02. The van der Waals surface area contributed by atoms with E-state index >= 15 is 0 Å². The van der Waals surface area contributed by atoms with Gasteiger partial charge in [0, 0.05) is 10.8 Å². The van der Waals surface area contributed by atoms with Gasteiger partial charge in [-0.2, -0.15) is 0 Å². The Labute approximate surface area is 118 Å². The Morgan fingerprint density at radius 2 is 1.65 bits per heavy atom. The number of nitrogen functional groups attached to an aromatic ring is 1. The summed E-state index contributed by atoms with van der Waals surface area (Å²) in [4.78, 5) is 17.8. The molecular weight excluding hydrogens is 268 g/mol. The minimum Gasteiger partial charge on any atom is -0.394 e. The van der Waals surface area contributed by atoms with Crippen LogP contribution in [0.3, 0.4) is 0 Å². The lowest BCUT2D eigenvalue weighted by Crippen LogP contribution is -2.11. The maximum absolute atomic E-state index is 12.3. The number of hydrogen-bond acceptors (Lipinski definition) is 4. The van der Waals surface area contributed by atoms with Crippen molar-refractivity contribution < 1.29 is 0 Å². The summed E-state index contributed by atoms with van der Waals surface area (Å²) in [7, 11) is 0. The Balaban J connectivity index is 2.34. The Bertz CT molecular complexity index is 990. The number of aromatic nitrogens is 1. The summed E-state index contributed by atoms with van der Waals surface area (Å²) in [5.74, 6) is 0.